The third kappa shape index (κ3) is 2.47. The fourth-order valence-corrected chi connectivity index (χ4v) is 3.10. The van der Waals surface area contributed by atoms with Crippen LogP contribution >= 0.6 is 0 Å². The second-order valence-electron chi connectivity index (χ2n) is 4.68. The Hall–Kier alpha value is -2.41. The van der Waals surface area contributed by atoms with E-state index in [-0.39, 0.29) is 43.9 Å². The molecule has 0 saturated heterocycles. The van der Waals surface area contributed by atoms with Gasteiger partial charge in [-0.25, -0.2) is 8.42 Å². The van der Waals surface area contributed by atoms with Crippen LogP contribution in [0.3, 0.4) is 0 Å². The highest BCUT2D eigenvalue weighted by Gasteiger charge is 2.23. The van der Waals surface area contributed by atoms with Crippen LogP contribution in [0.25, 0.3) is 0 Å². The summed E-state index contributed by atoms with van der Waals surface area (Å²) in [6.07, 6.45) is 0. The van der Waals surface area contributed by atoms with E-state index in [1.165, 1.54) is 13.8 Å². The topological polar surface area (TPSA) is 115 Å². The van der Waals surface area contributed by atoms with E-state index in [0.29, 0.717) is 0 Å². The monoisotopic (exact) mass is 310 g/mol. The lowest BCUT2D eigenvalue weighted by Gasteiger charge is -2.10. The number of hydrogen-bond acceptors (Lipinski definition) is 6. The van der Waals surface area contributed by atoms with Crippen LogP contribution in [0.2, 0.25) is 0 Å². The lowest BCUT2D eigenvalue weighted by Crippen LogP contribution is -2.02. The van der Waals surface area contributed by atoms with Gasteiger partial charge in [-0.1, -0.05) is 0 Å². The van der Waals surface area contributed by atoms with E-state index in [4.69, 9.17) is 0 Å². The summed E-state index contributed by atoms with van der Waals surface area (Å²) in [5.41, 5.74) is 0.312. The lowest BCUT2D eigenvalue weighted by atomic mass is 10.2. The highest BCUT2D eigenvalue weighted by atomic mass is 32.2. The van der Waals surface area contributed by atoms with Crippen molar-refractivity contribution in [1.29, 1.82) is 0 Å². The molecule has 7 heteroatoms. The summed E-state index contributed by atoms with van der Waals surface area (Å²) in [5.74, 6) is -1.47. The van der Waals surface area contributed by atoms with Crippen molar-refractivity contribution in [2.75, 3.05) is 0 Å². The van der Waals surface area contributed by atoms with Gasteiger partial charge >= 0.3 is 0 Å². The first-order valence-electron chi connectivity index (χ1n) is 5.95. The van der Waals surface area contributed by atoms with Crippen LogP contribution in [0.1, 0.15) is 11.1 Å². The first-order valence-corrected chi connectivity index (χ1v) is 7.43. The van der Waals surface area contributed by atoms with Crippen molar-refractivity contribution < 1.29 is 28.8 Å². The number of rotatable bonds is 2. The van der Waals surface area contributed by atoms with Crippen LogP contribution in [-0.2, 0) is 9.84 Å². The number of aromatic hydroxyl groups is 4. The van der Waals surface area contributed by atoms with Crippen molar-refractivity contribution in [2.45, 2.75) is 23.6 Å². The second kappa shape index (κ2) is 4.85. The molecule has 0 spiro atoms. The van der Waals surface area contributed by atoms with Crippen molar-refractivity contribution >= 4 is 9.84 Å². The maximum Gasteiger partial charge on any atom is 0.207 e. The summed E-state index contributed by atoms with van der Waals surface area (Å²) < 4.78 is 24.8. The minimum Gasteiger partial charge on any atom is -0.507 e. The molecule has 0 bridgehead atoms. The highest BCUT2D eigenvalue weighted by molar-refractivity contribution is 7.91. The van der Waals surface area contributed by atoms with Crippen LogP contribution in [0, 0.1) is 13.8 Å². The van der Waals surface area contributed by atoms with Gasteiger partial charge in [-0.15, -0.1) is 0 Å². The molecule has 0 atom stereocenters. The Balaban J connectivity index is 2.68. The third-order valence-corrected chi connectivity index (χ3v) is 4.99. The molecule has 0 fully saturated rings. The van der Waals surface area contributed by atoms with Gasteiger partial charge in [-0.2, -0.15) is 0 Å². The minimum absolute atomic E-state index is 0.156. The number of phenols is 4. The summed E-state index contributed by atoms with van der Waals surface area (Å²) in [6, 6.07) is 3.99. The Morgan fingerprint density at radius 3 is 1.14 bits per heavy atom. The van der Waals surface area contributed by atoms with E-state index in [2.05, 4.69) is 0 Å². The van der Waals surface area contributed by atoms with Gasteiger partial charge in [0.05, 0.1) is 9.79 Å². The summed E-state index contributed by atoms with van der Waals surface area (Å²) >= 11 is 0. The van der Waals surface area contributed by atoms with Crippen molar-refractivity contribution in [3.05, 3.63) is 35.4 Å². The summed E-state index contributed by atoms with van der Waals surface area (Å²) in [4.78, 5) is -0.684. The average Bonchev–Trinajstić information content (AvgIpc) is 2.40. The molecule has 0 aliphatic rings. The van der Waals surface area contributed by atoms with E-state index >= 15 is 0 Å². The standard InChI is InChI=1S/C14H14O6S/c1-7-11(15)3-9(4-12(7)16)21(19,20)10-5-13(17)8(2)14(18)6-10/h3-6,15-18H,1-2H3. The van der Waals surface area contributed by atoms with Gasteiger partial charge in [0.2, 0.25) is 9.84 Å². The van der Waals surface area contributed by atoms with Gasteiger partial charge in [0.25, 0.3) is 0 Å². The fourth-order valence-electron chi connectivity index (χ4n) is 1.76. The highest BCUT2D eigenvalue weighted by Crippen LogP contribution is 2.36. The average molecular weight is 310 g/mol. The van der Waals surface area contributed by atoms with Crippen molar-refractivity contribution in [3.8, 4) is 23.0 Å². The van der Waals surface area contributed by atoms with Gasteiger partial charge in [0, 0.05) is 11.1 Å². The van der Waals surface area contributed by atoms with E-state index < -0.39 is 9.84 Å². The fraction of sp³-hybridized carbons (Fsp3) is 0.143. The number of phenolic OH excluding ortho intramolecular Hbond substituents is 4. The normalized spacial score (nSPS) is 11.5. The van der Waals surface area contributed by atoms with Crippen LogP contribution in [0.15, 0.2) is 34.1 Å². The molecule has 2 rings (SSSR count). The Labute approximate surface area is 121 Å². The van der Waals surface area contributed by atoms with E-state index in [9.17, 15) is 28.8 Å². The number of benzene rings is 2. The molecule has 2 aromatic carbocycles. The maximum absolute atomic E-state index is 12.4. The van der Waals surface area contributed by atoms with Gasteiger partial charge in [-0.3, -0.25) is 0 Å². The van der Waals surface area contributed by atoms with Gasteiger partial charge in [0.15, 0.2) is 0 Å². The Morgan fingerprint density at radius 1 is 0.667 bits per heavy atom. The molecule has 112 valence electrons. The Bertz CT molecular complexity index is 714. The third-order valence-electron chi connectivity index (χ3n) is 3.27. The summed E-state index contributed by atoms with van der Waals surface area (Å²) in [6.45, 7) is 2.87. The van der Waals surface area contributed by atoms with E-state index in [1.807, 2.05) is 0 Å². The van der Waals surface area contributed by atoms with Crippen LogP contribution in [0.5, 0.6) is 23.0 Å². The number of sulfone groups is 1. The molecular formula is C14H14O6S. The zero-order valence-electron chi connectivity index (χ0n) is 11.3. The molecular weight excluding hydrogens is 296 g/mol. The largest absolute Gasteiger partial charge is 0.507 e. The molecule has 0 unspecified atom stereocenters. The first-order chi connectivity index (χ1) is 9.64. The van der Waals surface area contributed by atoms with Gasteiger partial charge in [-0.05, 0) is 38.1 Å². The summed E-state index contributed by atoms with van der Waals surface area (Å²) in [5, 5.41) is 38.5. The first kappa shape index (κ1) is 15.0. The SMILES string of the molecule is Cc1c(O)cc(S(=O)(=O)c2cc(O)c(C)c(O)c2)cc1O. The Kier molecular flexibility index (Phi) is 3.46. The quantitative estimate of drug-likeness (QED) is 0.674. The zero-order chi connectivity index (χ0) is 15.9. The lowest BCUT2D eigenvalue weighted by molar-refractivity contribution is 0.439. The summed E-state index contributed by atoms with van der Waals surface area (Å²) in [7, 11) is -4.10. The molecule has 0 radical (unpaired) electrons. The molecule has 21 heavy (non-hydrogen) atoms. The molecule has 4 N–H and O–H groups in total. The molecule has 0 heterocycles. The van der Waals surface area contributed by atoms with Crippen LogP contribution < -0.4 is 0 Å². The Morgan fingerprint density at radius 2 is 0.905 bits per heavy atom. The van der Waals surface area contributed by atoms with Gasteiger partial charge < -0.3 is 20.4 Å². The maximum atomic E-state index is 12.4. The molecule has 0 aliphatic heterocycles. The molecule has 6 nitrogen and oxygen atoms in total. The van der Waals surface area contributed by atoms with Crippen molar-refractivity contribution in [2.24, 2.45) is 0 Å². The second-order valence-corrected chi connectivity index (χ2v) is 6.63. The molecule has 0 saturated carbocycles. The molecule has 0 aliphatic carbocycles. The van der Waals surface area contributed by atoms with E-state index in [0.717, 1.165) is 24.3 Å². The van der Waals surface area contributed by atoms with Crippen LogP contribution in [-0.4, -0.2) is 28.8 Å². The molecule has 2 aromatic rings. The minimum atomic E-state index is -4.10. The van der Waals surface area contributed by atoms with Crippen molar-refractivity contribution in [3.63, 3.8) is 0 Å². The molecule has 0 aromatic heterocycles. The van der Waals surface area contributed by atoms with Crippen LogP contribution in [0.4, 0.5) is 0 Å². The molecule has 0 amide bonds. The van der Waals surface area contributed by atoms with Crippen molar-refractivity contribution in [1.82, 2.24) is 0 Å². The predicted octanol–water partition coefficient (Wildman–Crippen LogP) is 1.96. The van der Waals surface area contributed by atoms with E-state index in [1.54, 1.807) is 0 Å². The van der Waals surface area contributed by atoms with Gasteiger partial charge in [0.1, 0.15) is 23.0 Å². The smallest absolute Gasteiger partial charge is 0.207 e. The zero-order valence-corrected chi connectivity index (χ0v) is 12.1. The predicted molar refractivity (Wildman–Crippen MR) is 74.5 cm³/mol. The number of hydrogen-bond donors (Lipinski definition) is 4.